The van der Waals surface area contributed by atoms with Crippen LogP contribution in [0.5, 0.6) is 0 Å². The number of fused-ring (bicyclic) bond motifs is 1. The van der Waals surface area contributed by atoms with E-state index in [4.69, 9.17) is 0 Å². The molecule has 0 spiro atoms. The summed E-state index contributed by atoms with van der Waals surface area (Å²) in [6.45, 7) is 0.627. The predicted molar refractivity (Wildman–Crippen MR) is 123 cm³/mol. The van der Waals surface area contributed by atoms with Gasteiger partial charge in [0.25, 0.3) is 5.91 Å². The molecule has 3 heterocycles. The Morgan fingerprint density at radius 2 is 1.94 bits per heavy atom. The van der Waals surface area contributed by atoms with Gasteiger partial charge in [-0.25, -0.2) is 4.98 Å². The fraction of sp³-hybridized carbons (Fsp3) is 0.320. The average molecular weight is 430 g/mol. The number of benzene rings is 1. The number of carbonyl (C=O) groups is 1. The fourth-order valence-electron chi connectivity index (χ4n) is 4.55. The summed E-state index contributed by atoms with van der Waals surface area (Å²) in [4.78, 5) is 21.9. The van der Waals surface area contributed by atoms with Crippen molar-refractivity contribution in [2.45, 2.75) is 44.4 Å². The van der Waals surface area contributed by atoms with E-state index in [9.17, 15) is 9.90 Å². The zero-order valence-electron chi connectivity index (χ0n) is 18.1. The number of amides is 1. The Balaban J connectivity index is 1.40. The quantitative estimate of drug-likeness (QED) is 0.508. The Labute approximate surface area is 186 Å². The predicted octanol–water partition coefficient (Wildman–Crippen LogP) is 3.52. The van der Waals surface area contributed by atoms with Gasteiger partial charge < -0.3 is 19.6 Å². The molecule has 0 bridgehead atoms. The number of aromatic nitrogens is 4. The third-order valence-electron chi connectivity index (χ3n) is 6.31. The Morgan fingerprint density at radius 1 is 1.12 bits per heavy atom. The Bertz CT molecular complexity index is 1240. The number of aliphatic hydroxyl groups is 1. The molecule has 7 heteroatoms. The lowest BCUT2D eigenvalue weighted by Crippen LogP contribution is -2.45. The molecule has 0 saturated heterocycles. The summed E-state index contributed by atoms with van der Waals surface area (Å²) < 4.78 is 4.05. The van der Waals surface area contributed by atoms with Gasteiger partial charge in [-0.1, -0.05) is 37.1 Å². The van der Waals surface area contributed by atoms with Gasteiger partial charge in [-0.2, -0.15) is 0 Å². The molecule has 4 aromatic rings. The lowest BCUT2D eigenvalue weighted by atomic mass is 9.92. The summed E-state index contributed by atoms with van der Waals surface area (Å²) in [6, 6.07) is 12.0. The fourth-order valence-corrected chi connectivity index (χ4v) is 4.55. The van der Waals surface area contributed by atoms with Crippen molar-refractivity contribution in [3.63, 3.8) is 0 Å². The summed E-state index contributed by atoms with van der Waals surface area (Å²) >= 11 is 0. The van der Waals surface area contributed by atoms with E-state index in [1.54, 1.807) is 12.4 Å². The van der Waals surface area contributed by atoms with Crippen LogP contribution in [0.15, 0.2) is 61.2 Å². The first-order valence-corrected chi connectivity index (χ1v) is 11.1. The van der Waals surface area contributed by atoms with E-state index in [0.717, 1.165) is 48.2 Å². The Morgan fingerprint density at radius 3 is 2.69 bits per heavy atom. The number of nitrogens with zero attached hydrogens (tertiary/aromatic N) is 4. The smallest absolute Gasteiger partial charge is 0.255 e. The molecule has 1 aromatic carbocycles. The van der Waals surface area contributed by atoms with Crippen LogP contribution in [0.2, 0.25) is 0 Å². The van der Waals surface area contributed by atoms with Crippen molar-refractivity contribution < 1.29 is 9.90 Å². The minimum absolute atomic E-state index is 0.177. The van der Waals surface area contributed by atoms with Gasteiger partial charge in [0.05, 0.1) is 23.2 Å². The topological polar surface area (TPSA) is 85.0 Å². The van der Waals surface area contributed by atoms with Gasteiger partial charge in [0.2, 0.25) is 0 Å². The zero-order chi connectivity index (χ0) is 22.1. The molecule has 0 aliphatic heterocycles. The normalized spacial score (nSPS) is 18.7. The van der Waals surface area contributed by atoms with Gasteiger partial charge >= 0.3 is 0 Å². The number of aryl methyl sites for hydroxylation is 1. The van der Waals surface area contributed by atoms with Crippen molar-refractivity contribution in [2.24, 2.45) is 7.05 Å². The molecule has 0 radical (unpaired) electrons. The SMILES string of the molecule is Cn1ccnc1-c1ccc(Cn2cc(C(=O)N[C@H]3CCCC[C@@H]3O)c3ncccc32)cc1. The van der Waals surface area contributed by atoms with Crippen molar-refractivity contribution in [3.8, 4) is 11.4 Å². The Kier molecular flexibility index (Phi) is 5.49. The van der Waals surface area contributed by atoms with Gasteiger partial charge in [0, 0.05) is 43.9 Å². The number of imidazole rings is 1. The molecule has 2 N–H and O–H groups in total. The number of hydrogen-bond donors (Lipinski definition) is 2. The molecule has 7 nitrogen and oxygen atoms in total. The van der Waals surface area contributed by atoms with Gasteiger partial charge in [-0.05, 0) is 30.5 Å². The highest BCUT2D eigenvalue weighted by atomic mass is 16.3. The summed E-state index contributed by atoms with van der Waals surface area (Å²) in [5.74, 6) is 0.750. The third-order valence-corrected chi connectivity index (χ3v) is 6.31. The van der Waals surface area contributed by atoms with Crippen molar-refractivity contribution in [1.29, 1.82) is 0 Å². The molecule has 1 fully saturated rings. The molecule has 0 unspecified atom stereocenters. The summed E-state index contributed by atoms with van der Waals surface area (Å²) in [5, 5.41) is 13.3. The van der Waals surface area contributed by atoms with Crippen LogP contribution in [0.3, 0.4) is 0 Å². The second-order valence-corrected chi connectivity index (χ2v) is 8.53. The molecule has 164 valence electrons. The van der Waals surface area contributed by atoms with Crippen LogP contribution in [0.4, 0.5) is 0 Å². The molecule has 32 heavy (non-hydrogen) atoms. The second kappa shape index (κ2) is 8.59. The summed E-state index contributed by atoms with van der Waals surface area (Å²) in [5.41, 5.74) is 4.32. The number of aliphatic hydroxyl groups excluding tert-OH is 1. The maximum absolute atomic E-state index is 13.1. The highest BCUT2D eigenvalue weighted by Gasteiger charge is 2.26. The monoisotopic (exact) mass is 429 g/mol. The van der Waals surface area contributed by atoms with Crippen LogP contribution in [0.25, 0.3) is 22.4 Å². The molecule has 5 rings (SSSR count). The van der Waals surface area contributed by atoms with E-state index in [2.05, 4.69) is 44.1 Å². The van der Waals surface area contributed by atoms with Crippen molar-refractivity contribution in [3.05, 3.63) is 72.3 Å². The number of pyridine rings is 1. The van der Waals surface area contributed by atoms with Crippen LogP contribution < -0.4 is 5.32 Å². The first kappa shape index (κ1) is 20.5. The van der Waals surface area contributed by atoms with Crippen molar-refractivity contribution in [1.82, 2.24) is 24.4 Å². The Hall–Kier alpha value is -3.45. The lowest BCUT2D eigenvalue weighted by molar-refractivity contribution is 0.0718. The highest BCUT2D eigenvalue weighted by Crippen LogP contribution is 2.24. The molecule has 1 saturated carbocycles. The van der Waals surface area contributed by atoms with Crippen molar-refractivity contribution >= 4 is 16.9 Å². The van der Waals surface area contributed by atoms with Crippen LogP contribution in [-0.2, 0) is 13.6 Å². The molecule has 3 aromatic heterocycles. The lowest BCUT2D eigenvalue weighted by Gasteiger charge is -2.28. The number of carbonyl (C=O) groups excluding carboxylic acids is 1. The molecule has 1 aliphatic rings. The summed E-state index contributed by atoms with van der Waals surface area (Å²) in [6.07, 6.45) is 10.4. The molecule has 1 amide bonds. The third kappa shape index (κ3) is 3.91. The van der Waals surface area contributed by atoms with Gasteiger partial charge in [-0.3, -0.25) is 9.78 Å². The molecular weight excluding hydrogens is 402 g/mol. The maximum atomic E-state index is 13.1. The van der Waals surface area contributed by atoms with E-state index >= 15 is 0 Å². The number of nitrogens with one attached hydrogen (secondary N) is 1. The number of hydrogen-bond acceptors (Lipinski definition) is 4. The minimum Gasteiger partial charge on any atom is -0.391 e. The van der Waals surface area contributed by atoms with E-state index in [1.807, 2.05) is 36.1 Å². The van der Waals surface area contributed by atoms with Gasteiger partial charge in [-0.15, -0.1) is 0 Å². The van der Waals surface area contributed by atoms with E-state index in [0.29, 0.717) is 17.6 Å². The average Bonchev–Trinajstić information content (AvgIpc) is 3.40. The minimum atomic E-state index is -0.480. The second-order valence-electron chi connectivity index (χ2n) is 8.53. The first-order valence-electron chi connectivity index (χ1n) is 11.1. The van der Waals surface area contributed by atoms with E-state index < -0.39 is 6.10 Å². The molecular formula is C25H27N5O2. The largest absolute Gasteiger partial charge is 0.391 e. The first-order chi connectivity index (χ1) is 15.6. The van der Waals surface area contributed by atoms with Gasteiger partial charge in [0.1, 0.15) is 11.3 Å². The number of rotatable bonds is 5. The van der Waals surface area contributed by atoms with Gasteiger partial charge in [0.15, 0.2) is 0 Å². The highest BCUT2D eigenvalue weighted by molar-refractivity contribution is 6.05. The van der Waals surface area contributed by atoms with Crippen LogP contribution in [-0.4, -0.2) is 42.3 Å². The zero-order valence-corrected chi connectivity index (χ0v) is 18.1. The maximum Gasteiger partial charge on any atom is 0.255 e. The van der Waals surface area contributed by atoms with Crippen LogP contribution in [0.1, 0.15) is 41.6 Å². The molecule has 1 aliphatic carbocycles. The summed E-state index contributed by atoms with van der Waals surface area (Å²) in [7, 11) is 1.98. The van der Waals surface area contributed by atoms with Crippen LogP contribution >= 0.6 is 0 Å². The van der Waals surface area contributed by atoms with E-state index in [1.165, 1.54) is 0 Å². The standard InChI is InChI=1S/C25H27N5O2/c1-29-14-13-27-24(29)18-10-8-17(9-11-18)15-30-16-19(23-21(30)6-4-12-26-23)25(32)28-20-5-2-3-7-22(20)31/h4,6,8-14,16,20,22,31H,2-3,5,7,15H2,1H3,(H,28,32)/t20-,22-/m0/s1. The molecule has 2 atom stereocenters. The van der Waals surface area contributed by atoms with Crippen molar-refractivity contribution in [2.75, 3.05) is 0 Å². The van der Waals surface area contributed by atoms with Crippen LogP contribution in [0, 0.1) is 0 Å². The van der Waals surface area contributed by atoms with E-state index in [-0.39, 0.29) is 11.9 Å².